The first-order chi connectivity index (χ1) is 7.45. The van der Waals surface area contributed by atoms with Crippen LogP contribution in [-0.2, 0) is 14.2 Å². The Morgan fingerprint density at radius 3 is 2.87 bits per heavy atom. The topological polar surface area (TPSA) is 39.7 Å². The Morgan fingerprint density at radius 1 is 1.20 bits per heavy atom. The van der Waals surface area contributed by atoms with Gasteiger partial charge in [-0.1, -0.05) is 0 Å². The van der Waals surface area contributed by atoms with Gasteiger partial charge in [-0.2, -0.15) is 0 Å². The molecule has 0 aromatic rings. The van der Waals surface area contributed by atoms with Crippen LogP contribution in [0.2, 0.25) is 0 Å². The predicted molar refractivity (Wildman–Crippen MR) is 56.7 cm³/mol. The fourth-order valence-corrected chi connectivity index (χ4v) is 1.79. The van der Waals surface area contributed by atoms with Crippen molar-refractivity contribution in [3.05, 3.63) is 12.3 Å². The zero-order valence-corrected chi connectivity index (χ0v) is 8.98. The van der Waals surface area contributed by atoms with E-state index in [4.69, 9.17) is 14.2 Å². The third-order valence-electron chi connectivity index (χ3n) is 2.65. The standard InChI is InChI=1S/C11H19NO3/c1-2-4-14-10(3-1)7-12-8-11-9-13-5-6-15-11/h2,4,10-12H,1,3,5-9H2. The Bertz CT molecular complexity index is 202. The Morgan fingerprint density at radius 2 is 2.13 bits per heavy atom. The van der Waals surface area contributed by atoms with Gasteiger partial charge in [-0.15, -0.1) is 0 Å². The molecule has 0 spiro atoms. The van der Waals surface area contributed by atoms with Crippen molar-refractivity contribution in [1.82, 2.24) is 5.32 Å². The van der Waals surface area contributed by atoms with E-state index < -0.39 is 0 Å². The molecule has 1 fully saturated rings. The normalized spacial score (nSPS) is 31.2. The summed E-state index contributed by atoms with van der Waals surface area (Å²) in [5, 5.41) is 3.36. The van der Waals surface area contributed by atoms with Crippen LogP contribution in [0.5, 0.6) is 0 Å². The van der Waals surface area contributed by atoms with E-state index >= 15 is 0 Å². The van der Waals surface area contributed by atoms with Gasteiger partial charge in [0.15, 0.2) is 0 Å². The van der Waals surface area contributed by atoms with Crippen LogP contribution >= 0.6 is 0 Å². The average Bonchev–Trinajstić information content (AvgIpc) is 2.32. The summed E-state index contributed by atoms with van der Waals surface area (Å²) in [7, 11) is 0. The average molecular weight is 213 g/mol. The monoisotopic (exact) mass is 213 g/mol. The molecule has 4 heteroatoms. The van der Waals surface area contributed by atoms with Gasteiger partial charge >= 0.3 is 0 Å². The fraction of sp³-hybridized carbons (Fsp3) is 0.818. The lowest BCUT2D eigenvalue weighted by Crippen LogP contribution is -2.40. The number of nitrogens with one attached hydrogen (secondary N) is 1. The molecule has 2 atom stereocenters. The Labute approximate surface area is 90.6 Å². The minimum Gasteiger partial charge on any atom is -0.497 e. The van der Waals surface area contributed by atoms with Crippen molar-refractivity contribution >= 4 is 0 Å². The van der Waals surface area contributed by atoms with E-state index in [0.29, 0.717) is 12.7 Å². The number of ether oxygens (including phenoxy) is 3. The molecule has 0 bridgehead atoms. The van der Waals surface area contributed by atoms with E-state index in [1.807, 2.05) is 0 Å². The van der Waals surface area contributed by atoms with E-state index in [-0.39, 0.29) is 6.10 Å². The third kappa shape index (κ3) is 3.81. The van der Waals surface area contributed by atoms with E-state index in [1.165, 1.54) is 0 Å². The van der Waals surface area contributed by atoms with Crippen LogP contribution < -0.4 is 5.32 Å². The molecule has 2 aliphatic rings. The molecule has 2 heterocycles. The molecule has 0 aromatic carbocycles. The van der Waals surface area contributed by atoms with E-state index in [1.54, 1.807) is 6.26 Å². The van der Waals surface area contributed by atoms with Crippen molar-refractivity contribution in [2.45, 2.75) is 25.0 Å². The molecule has 0 aromatic heterocycles. The highest BCUT2D eigenvalue weighted by Crippen LogP contribution is 2.09. The lowest BCUT2D eigenvalue weighted by molar-refractivity contribution is -0.0869. The van der Waals surface area contributed by atoms with Crippen LogP contribution in [0.3, 0.4) is 0 Å². The molecule has 4 nitrogen and oxygen atoms in total. The maximum absolute atomic E-state index is 5.53. The van der Waals surface area contributed by atoms with Crippen LogP contribution in [0, 0.1) is 0 Å². The molecule has 2 rings (SSSR count). The van der Waals surface area contributed by atoms with Gasteiger partial charge in [-0.25, -0.2) is 0 Å². The molecule has 2 aliphatic heterocycles. The first-order valence-corrected chi connectivity index (χ1v) is 5.65. The molecule has 86 valence electrons. The van der Waals surface area contributed by atoms with Crippen LogP contribution in [0.25, 0.3) is 0 Å². The fourth-order valence-electron chi connectivity index (χ4n) is 1.79. The van der Waals surface area contributed by atoms with Gasteiger partial charge in [0.2, 0.25) is 0 Å². The second kappa shape index (κ2) is 6.10. The van der Waals surface area contributed by atoms with Crippen LogP contribution in [0.15, 0.2) is 12.3 Å². The van der Waals surface area contributed by atoms with Gasteiger partial charge in [-0.05, 0) is 18.9 Å². The smallest absolute Gasteiger partial charge is 0.110 e. The maximum Gasteiger partial charge on any atom is 0.110 e. The van der Waals surface area contributed by atoms with Crippen LogP contribution in [0.4, 0.5) is 0 Å². The largest absolute Gasteiger partial charge is 0.497 e. The Hall–Kier alpha value is -0.580. The van der Waals surface area contributed by atoms with Crippen molar-refractivity contribution in [3.8, 4) is 0 Å². The molecule has 0 aliphatic carbocycles. The summed E-state index contributed by atoms with van der Waals surface area (Å²) < 4.78 is 16.3. The highest BCUT2D eigenvalue weighted by molar-refractivity contribution is 4.83. The molecule has 0 saturated carbocycles. The van der Waals surface area contributed by atoms with Gasteiger partial charge in [0, 0.05) is 13.1 Å². The molecular formula is C11H19NO3. The second-order valence-corrected chi connectivity index (χ2v) is 3.93. The zero-order chi connectivity index (χ0) is 10.3. The van der Waals surface area contributed by atoms with Crippen molar-refractivity contribution in [2.24, 2.45) is 0 Å². The number of hydrogen-bond donors (Lipinski definition) is 1. The van der Waals surface area contributed by atoms with Gasteiger partial charge in [0.1, 0.15) is 6.10 Å². The lowest BCUT2D eigenvalue weighted by atomic mass is 10.1. The minimum absolute atomic E-state index is 0.206. The van der Waals surface area contributed by atoms with E-state index in [0.717, 1.165) is 39.1 Å². The highest BCUT2D eigenvalue weighted by Gasteiger charge is 2.15. The highest BCUT2D eigenvalue weighted by atomic mass is 16.6. The maximum atomic E-state index is 5.53. The molecule has 15 heavy (non-hydrogen) atoms. The van der Waals surface area contributed by atoms with Crippen molar-refractivity contribution in [1.29, 1.82) is 0 Å². The molecule has 0 amide bonds. The van der Waals surface area contributed by atoms with Crippen molar-refractivity contribution in [3.63, 3.8) is 0 Å². The molecule has 1 N–H and O–H groups in total. The van der Waals surface area contributed by atoms with Crippen molar-refractivity contribution in [2.75, 3.05) is 32.9 Å². The number of allylic oxidation sites excluding steroid dienone is 1. The number of hydrogen-bond acceptors (Lipinski definition) is 4. The summed E-state index contributed by atoms with van der Waals surface area (Å²) in [4.78, 5) is 0. The molecular weight excluding hydrogens is 194 g/mol. The third-order valence-corrected chi connectivity index (χ3v) is 2.65. The summed E-state index contributed by atoms with van der Waals surface area (Å²) in [6.45, 7) is 3.90. The van der Waals surface area contributed by atoms with E-state index in [9.17, 15) is 0 Å². The number of rotatable bonds is 4. The first-order valence-electron chi connectivity index (χ1n) is 5.65. The van der Waals surface area contributed by atoms with Crippen LogP contribution in [-0.4, -0.2) is 45.1 Å². The van der Waals surface area contributed by atoms with Gasteiger partial charge in [0.05, 0.1) is 32.2 Å². The molecule has 0 radical (unpaired) electrons. The lowest BCUT2D eigenvalue weighted by Gasteiger charge is -2.25. The quantitative estimate of drug-likeness (QED) is 0.745. The van der Waals surface area contributed by atoms with Gasteiger partial charge < -0.3 is 19.5 Å². The van der Waals surface area contributed by atoms with Gasteiger partial charge in [-0.3, -0.25) is 0 Å². The zero-order valence-electron chi connectivity index (χ0n) is 8.98. The summed E-state index contributed by atoms with van der Waals surface area (Å²) >= 11 is 0. The first kappa shape index (κ1) is 10.9. The molecule has 1 saturated heterocycles. The summed E-state index contributed by atoms with van der Waals surface area (Å²) in [5.74, 6) is 0. The van der Waals surface area contributed by atoms with E-state index in [2.05, 4.69) is 11.4 Å². The molecule has 2 unspecified atom stereocenters. The Balaban J connectivity index is 1.55. The summed E-state index contributed by atoms with van der Waals surface area (Å²) in [6, 6.07) is 0. The minimum atomic E-state index is 0.206. The predicted octanol–water partition coefficient (Wildman–Crippen LogP) is 0.684. The summed E-state index contributed by atoms with van der Waals surface area (Å²) in [6.07, 6.45) is 6.61. The van der Waals surface area contributed by atoms with Gasteiger partial charge in [0.25, 0.3) is 0 Å². The Kier molecular flexibility index (Phi) is 4.44. The SMILES string of the molecule is C1=COC(CNCC2COCCO2)CC1. The second-order valence-electron chi connectivity index (χ2n) is 3.93. The van der Waals surface area contributed by atoms with Crippen molar-refractivity contribution < 1.29 is 14.2 Å². The summed E-state index contributed by atoms with van der Waals surface area (Å²) in [5.41, 5.74) is 0. The van der Waals surface area contributed by atoms with Crippen LogP contribution in [0.1, 0.15) is 12.8 Å².